The van der Waals surface area contributed by atoms with Crippen LogP contribution in [0.1, 0.15) is 284 Å². The van der Waals surface area contributed by atoms with Gasteiger partial charge in [0.15, 0.2) is 6.10 Å². The van der Waals surface area contributed by atoms with Gasteiger partial charge in [0.2, 0.25) is 0 Å². The molecule has 0 heterocycles. The van der Waals surface area contributed by atoms with Gasteiger partial charge in [-0.05, 0) is 89.9 Å². The Kier molecular flexibility index (Phi) is 55.9. The van der Waals surface area contributed by atoms with Gasteiger partial charge in [-0.25, -0.2) is 0 Å². The van der Waals surface area contributed by atoms with Gasteiger partial charge in [0.25, 0.3) is 0 Å². The van der Waals surface area contributed by atoms with Gasteiger partial charge in [0, 0.05) is 12.8 Å². The molecule has 0 spiro atoms. The highest BCUT2D eigenvalue weighted by Gasteiger charge is 2.16. The molecule has 0 saturated carbocycles. The van der Waals surface area contributed by atoms with E-state index in [4.69, 9.17) is 9.47 Å². The minimum Gasteiger partial charge on any atom is -0.462 e. The van der Waals surface area contributed by atoms with Crippen LogP contribution in [0.2, 0.25) is 0 Å². The molecule has 0 aromatic heterocycles. The molecule has 5 nitrogen and oxygen atoms in total. The van der Waals surface area contributed by atoms with Crippen LogP contribution < -0.4 is 0 Å². The molecule has 0 aromatic carbocycles. The first-order valence-electron chi connectivity index (χ1n) is 29.1. The Morgan fingerprint density at radius 1 is 0.353 bits per heavy atom. The van der Waals surface area contributed by atoms with Crippen LogP contribution in [0.15, 0.2) is 85.1 Å². The smallest absolute Gasteiger partial charge is 0.306 e. The van der Waals surface area contributed by atoms with E-state index in [1.807, 2.05) is 0 Å². The van der Waals surface area contributed by atoms with Gasteiger partial charge < -0.3 is 14.6 Å². The lowest BCUT2D eigenvalue weighted by molar-refractivity contribution is -0.161. The summed E-state index contributed by atoms with van der Waals surface area (Å²) in [6.45, 7) is 4.04. The lowest BCUT2D eigenvalue weighted by Gasteiger charge is -2.15. The largest absolute Gasteiger partial charge is 0.462 e. The highest BCUT2D eigenvalue weighted by atomic mass is 16.6. The van der Waals surface area contributed by atoms with Crippen molar-refractivity contribution in [3.8, 4) is 0 Å². The van der Waals surface area contributed by atoms with E-state index in [0.29, 0.717) is 12.8 Å². The average Bonchev–Trinajstić information content (AvgIpc) is 3.34. The number of rotatable bonds is 53. The number of carbonyl (C=O) groups excluding carboxylic acids is 2. The average molecular weight is 948 g/mol. The van der Waals surface area contributed by atoms with Gasteiger partial charge in [0.1, 0.15) is 6.61 Å². The Morgan fingerprint density at radius 2 is 0.632 bits per heavy atom. The zero-order valence-corrected chi connectivity index (χ0v) is 44.9. The second-order valence-electron chi connectivity index (χ2n) is 19.3. The molecule has 0 aliphatic rings. The van der Waals surface area contributed by atoms with Crippen molar-refractivity contribution in [2.45, 2.75) is 290 Å². The summed E-state index contributed by atoms with van der Waals surface area (Å²) in [5, 5.41) is 9.66. The molecular formula is C63H110O5. The van der Waals surface area contributed by atoms with E-state index >= 15 is 0 Å². The first kappa shape index (κ1) is 65.1. The van der Waals surface area contributed by atoms with E-state index in [0.717, 1.165) is 77.0 Å². The highest BCUT2D eigenvalue weighted by molar-refractivity contribution is 5.70. The maximum absolute atomic E-state index is 12.3. The number of unbranched alkanes of at least 4 members (excludes halogenated alkanes) is 31. The van der Waals surface area contributed by atoms with Gasteiger partial charge in [-0.2, -0.15) is 0 Å². The van der Waals surface area contributed by atoms with Gasteiger partial charge in [0.05, 0.1) is 6.61 Å². The summed E-state index contributed by atoms with van der Waals surface area (Å²) in [6.07, 6.45) is 81.3. The summed E-state index contributed by atoms with van der Waals surface area (Å²) >= 11 is 0. The number of carbonyl (C=O) groups is 2. The Balaban J connectivity index is 3.48. The molecule has 0 aliphatic heterocycles. The highest BCUT2D eigenvalue weighted by Crippen LogP contribution is 2.16. The number of hydrogen-bond acceptors (Lipinski definition) is 5. The fourth-order valence-electron chi connectivity index (χ4n) is 8.32. The second-order valence-corrected chi connectivity index (χ2v) is 19.3. The fourth-order valence-corrected chi connectivity index (χ4v) is 8.32. The Hall–Kier alpha value is -2.92. The minimum absolute atomic E-state index is 0.0678. The van der Waals surface area contributed by atoms with E-state index in [1.165, 1.54) is 180 Å². The number of ether oxygens (including phenoxy) is 2. The number of aliphatic hydroxyl groups excluding tert-OH is 1. The molecule has 0 bridgehead atoms. The predicted octanol–water partition coefficient (Wildman–Crippen LogP) is 19.8. The monoisotopic (exact) mass is 947 g/mol. The van der Waals surface area contributed by atoms with Gasteiger partial charge in [-0.1, -0.05) is 266 Å². The third-order valence-corrected chi connectivity index (χ3v) is 12.7. The summed E-state index contributed by atoms with van der Waals surface area (Å²) in [4.78, 5) is 24.5. The molecule has 0 aromatic rings. The van der Waals surface area contributed by atoms with Crippen LogP contribution in [0, 0.1) is 0 Å². The van der Waals surface area contributed by atoms with E-state index in [9.17, 15) is 14.7 Å². The van der Waals surface area contributed by atoms with Crippen molar-refractivity contribution in [2.24, 2.45) is 0 Å². The SMILES string of the molecule is CC/C=C\C/C=C\C/C=C\C/C=C\C/C=C\CCCCCCCCCCCCCCCCCC(=O)OC(CO)COC(=O)CCCCCCCCCCCCC/C=C\C/C=C\CCCCCCC. The van der Waals surface area contributed by atoms with Crippen LogP contribution in [0.3, 0.4) is 0 Å². The predicted molar refractivity (Wildman–Crippen MR) is 297 cm³/mol. The van der Waals surface area contributed by atoms with Gasteiger partial charge >= 0.3 is 11.9 Å². The summed E-state index contributed by atoms with van der Waals surface area (Å²) in [5.74, 6) is -0.586. The molecule has 392 valence electrons. The molecule has 5 heteroatoms. The third kappa shape index (κ3) is 55.7. The van der Waals surface area contributed by atoms with Crippen molar-refractivity contribution in [2.75, 3.05) is 13.2 Å². The van der Waals surface area contributed by atoms with Gasteiger partial charge in [-0.15, -0.1) is 0 Å². The number of allylic oxidation sites excluding steroid dienone is 14. The topological polar surface area (TPSA) is 72.8 Å². The lowest BCUT2D eigenvalue weighted by atomic mass is 10.0. The van der Waals surface area contributed by atoms with E-state index < -0.39 is 6.10 Å². The molecule has 0 fully saturated rings. The maximum atomic E-state index is 12.3. The van der Waals surface area contributed by atoms with Crippen molar-refractivity contribution in [1.82, 2.24) is 0 Å². The Labute approximate surface area is 422 Å². The molecule has 1 N–H and O–H groups in total. The van der Waals surface area contributed by atoms with Crippen LogP contribution in [-0.2, 0) is 19.1 Å². The zero-order valence-electron chi connectivity index (χ0n) is 44.9. The third-order valence-electron chi connectivity index (χ3n) is 12.7. The van der Waals surface area contributed by atoms with Crippen LogP contribution in [-0.4, -0.2) is 36.4 Å². The molecule has 0 amide bonds. The molecule has 0 radical (unpaired) electrons. The quantitative estimate of drug-likeness (QED) is 0.0374. The van der Waals surface area contributed by atoms with E-state index in [1.54, 1.807) is 0 Å². The van der Waals surface area contributed by atoms with Crippen molar-refractivity contribution in [3.63, 3.8) is 0 Å². The molecule has 0 rings (SSSR count). The Bertz CT molecular complexity index is 1250. The molecule has 0 saturated heterocycles. The van der Waals surface area contributed by atoms with Crippen LogP contribution in [0.5, 0.6) is 0 Å². The summed E-state index contributed by atoms with van der Waals surface area (Å²) in [7, 11) is 0. The lowest BCUT2D eigenvalue weighted by Crippen LogP contribution is -2.28. The summed E-state index contributed by atoms with van der Waals surface area (Å²) in [6, 6.07) is 0. The molecule has 1 atom stereocenters. The number of esters is 2. The minimum atomic E-state index is -0.777. The van der Waals surface area contributed by atoms with Crippen LogP contribution in [0.25, 0.3) is 0 Å². The maximum Gasteiger partial charge on any atom is 0.306 e. The van der Waals surface area contributed by atoms with Crippen LogP contribution >= 0.6 is 0 Å². The van der Waals surface area contributed by atoms with Crippen molar-refractivity contribution >= 4 is 11.9 Å². The van der Waals surface area contributed by atoms with Crippen molar-refractivity contribution < 1.29 is 24.2 Å². The van der Waals surface area contributed by atoms with Crippen molar-refractivity contribution in [1.29, 1.82) is 0 Å². The van der Waals surface area contributed by atoms with E-state index in [-0.39, 0.29) is 25.2 Å². The zero-order chi connectivity index (χ0) is 49.2. The summed E-state index contributed by atoms with van der Waals surface area (Å²) < 4.78 is 10.7. The molecular weight excluding hydrogens is 837 g/mol. The standard InChI is InChI=1S/C63H110O5/c1-3-5-7-9-11-13-15-17-19-21-23-25-27-28-29-30-31-32-33-34-36-38-40-42-44-46-48-50-52-54-56-58-63(66)68-61(59-64)60-67-62(65)57-55-53-51-49-47-45-43-41-39-37-35-26-24-22-20-18-16-14-12-10-8-6-4-2/h5,7,11,13,16-19,22-25,28-29,61,64H,3-4,6,8-10,12,14-15,20-21,26-27,30-60H2,1-2H3/b7-5-,13-11-,18-16-,19-17-,24-22-,25-23-,29-28-. The molecule has 1 unspecified atom stereocenters. The Morgan fingerprint density at radius 3 is 0.956 bits per heavy atom. The number of hydrogen-bond donors (Lipinski definition) is 1. The molecule has 68 heavy (non-hydrogen) atoms. The normalized spacial score (nSPS) is 12.8. The first-order valence-corrected chi connectivity index (χ1v) is 29.1. The van der Waals surface area contributed by atoms with Crippen LogP contribution in [0.4, 0.5) is 0 Å². The summed E-state index contributed by atoms with van der Waals surface area (Å²) in [5.41, 5.74) is 0. The van der Waals surface area contributed by atoms with E-state index in [2.05, 4.69) is 98.9 Å². The first-order chi connectivity index (χ1) is 33.6. The molecule has 0 aliphatic carbocycles. The second kappa shape index (κ2) is 58.4. The number of aliphatic hydroxyl groups is 1. The fraction of sp³-hybridized carbons (Fsp3) is 0.746. The van der Waals surface area contributed by atoms with Crippen molar-refractivity contribution in [3.05, 3.63) is 85.1 Å². The van der Waals surface area contributed by atoms with Gasteiger partial charge in [-0.3, -0.25) is 9.59 Å².